The molecule has 0 radical (unpaired) electrons. The van der Waals surface area contributed by atoms with Crippen LogP contribution in [0.4, 0.5) is 0 Å². The van der Waals surface area contributed by atoms with E-state index in [2.05, 4.69) is 548 Å². The van der Waals surface area contributed by atoms with Gasteiger partial charge in [0.1, 0.15) is 0 Å². The van der Waals surface area contributed by atoms with Crippen LogP contribution in [0.1, 0.15) is 123 Å². The third-order valence-corrected chi connectivity index (χ3v) is 30.5. The van der Waals surface area contributed by atoms with Crippen molar-refractivity contribution in [3.05, 3.63) is 508 Å². The van der Waals surface area contributed by atoms with Crippen molar-refractivity contribution in [1.29, 1.82) is 0 Å². The summed E-state index contributed by atoms with van der Waals surface area (Å²) in [5.41, 5.74) is 36.0. The highest BCUT2D eigenvalue weighted by atomic mass is 14.3. The maximum Gasteiger partial charge on any atom is -0.00200 e. The number of fused-ring (bicyclic) bond motifs is 9. The topological polar surface area (TPSA) is 0 Å². The van der Waals surface area contributed by atoms with E-state index in [-0.39, 0.29) is 16.2 Å². The molecule has 1 aliphatic carbocycles. The zero-order valence-electron chi connectivity index (χ0n) is 83.8. The second kappa shape index (κ2) is 38.6. The van der Waals surface area contributed by atoms with Crippen LogP contribution in [0, 0.1) is 0 Å². The van der Waals surface area contributed by atoms with E-state index in [9.17, 15) is 0 Å². The highest BCUT2D eigenvalue weighted by Crippen LogP contribution is 2.54. The Bertz CT molecular complexity index is 8940. The zero-order valence-corrected chi connectivity index (χ0v) is 83.8. The van der Waals surface area contributed by atoms with E-state index in [0.717, 1.165) is 0 Å². The Labute approximate surface area is 848 Å². The summed E-state index contributed by atoms with van der Waals surface area (Å²) >= 11 is 0. The van der Waals surface area contributed by atoms with Gasteiger partial charge in [0.25, 0.3) is 0 Å². The molecule has 25 rings (SSSR count). The average Bonchev–Trinajstić information content (AvgIpc) is 0.729. The van der Waals surface area contributed by atoms with Crippen molar-refractivity contribution in [2.24, 2.45) is 0 Å². The van der Waals surface area contributed by atoms with Gasteiger partial charge in [-0.3, -0.25) is 0 Å². The van der Waals surface area contributed by atoms with Crippen molar-refractivity contribution in [3.63, 3.8) is 0 Å². The van der Waals surface area contributed by atoms with E-state index in [1.165, 1.54) is 285 Å². The van der Waals surface area contributed by atoms with E-state index in [0.29, 0.717) is 5.92 Å². The third-order valence-electron chi connectivity index (χ3n) is 30.5. The molecule has 0 amide bonds. The van der Waals surface area contributed by atoms with E-state index in [1.807, 2.05) is 0 Å². The Balaban J connectivity index is 0.000000120. The van der Waals surface area contributed by atoms with Gasteiger partial charge in [0.15, 0.2) is 0 Å². The van der Waals surface area contributed by atoms with Gasteiger partial charge in [0.2, 0.25) is 0 Å². The van der Waals surface area contributed by atoms with Crippen LogP contribution in [0.25, 0.3) is 230 Å². The fourth-order valence-corrected chi connectivity index (χ4v) is 23.1. The molecule has 1 fully saturated rings. The molecule has 694 valence electrons. The highest BCUT2D eigenvalue weighted by molar-refractivity contribution is 6.26. The maximum atomic E-state index is 2.56. The van der Waals surface area contributed by atoms with Gasteiger partial charge in [-0.05, 0) is 306 Å². The average molecular weight is 1850 g/mol. The van der Waals surface area contributed by atoms with E-state index in [1.54, 1.807) is 0 Å². The SMILES string of the molecule is CC(C)(C)c1ccc2c(-c3ccc(-c4cccc5ccccc45)cc3)c3ccccc3c(-c3ccccc3-c3ccccc3)c2c1.CC(C)(C)c1ccc2c(-c3ccccc3-c3cccc4ccccc34)c3cc(C(C)(C)C)ccc3c(-c3ccc(-c4ccccc4)cc3)c2c1.c1ccc(-c2ccccc2-c2c3ccccc3c(-c3ccc(-c4cccc5ccccc45)cc3)c3cc(C4CCCCC4)ccc23)cc1. The van der Waals surface area contributed by atoms with Gasteiger partial charge >= 0.3 is 0 Å². The van der Waals surface area contributed by atoms with Crippen LogP contribution in [-0.2, 0) is 16.2 Å². The normalized spacial score (nSPS) is 12.6. The Kier molecular flexibility index (Phi) is 24.5. The maximum absolute atomic E-state index is 2.56. The molecule has 0 atom stereocenters. The summed E-state index contributed by atoms with van der Waals surface area (Å²) in [5.74, 6) is 0.635. The molecule has 0 N–H and O–H groups in total. The van der Waals surface area contributed by atoms with E-state index >= 15 is 0 Å². The van der Waals surface area contributed by atoms with Crippen molar-refractivity contribution in [2.45, 2.75) is 117 Å². The van der Waals surface area contributed by atoms with Crippen LogP contribution in [0.3, 0.4) is 0 Å². The number of hydrogen-bond donors (Lipinski definition) is 0. The van der Waals surface area contributed by atoms with Crippen LogP contribution in [0.2, 0.25) is 0 Å². The van der Waals surface area contributed by atoms with Crippen LogP contribution < -0.4 is 0 Å². The molecule has 0 heterocycles. The molecule has 0 bridgehead atoms. The molecule has 0 aromatic heterocycles. The smallest absolute Gasteiger partial charge is 0.00200 e. The van der Waals surface area contributed by atoms with Crippen molar-refractivity contribution in [2.75, 3.05) is 0 Å². The van der Waals surface area contributed by atoms with E-state index in [4.69, 9.17) is 0 Å². The summed E-state index contributed by atoms with van der Waals surface area (Å²) in [4.78, 5) is 0. The summed E-state index contributed by atoms with van der Waals surface area (Å²) in [6.07, 6.45) is 6.61. The minimum Gasteiger partial charge on any atom is -0.0622 e. The first kappa shape index (κ1) is 91.4. The van der Waals surface area contributed by atoms with Gasteiger partial charge < -0.3 is 0 Å². The van der Waals surface area contributed by atoms with Crippen LogP contribution in [0.15, 0.2) is 485 Å². The molecule has 0 aliphatic heterocycles. The number of rotatable bonds is 13. The molecule has 0 unspecified atom stereocenters. The van der Waals surface area contributed by atoms with Crippen molar-refractivity contribution in [1.82, 2.24) is 0 Å². The van der Waals surface area contributed by atoms with Gasteiger partial charge in [0, 0.05) is 0 Å². The molecule has 0 saturated heterocycles. The second-order valence-corrected chi connectivity index (χ2v) is 42.6. The lowest BCUT2D eigenvalue weighted by Gasteiger charge is -2.25. The first-order valence-electron chi connectivity index (χ1n) is 51.6. The Morgan fingerprint density at radius 1 is 0.146 bits per heavy atom. The van der Waals surface area contributed by atoms with Gasteiger partial charge in [-0.25, -0.2) is 0 Å². The lowest BCUT2D eigenvalue weighted by molar-refractivity contribution is 0.444. The van der Waals surface area contributed by atoms with Crippen LogP contribution in [0.5, 0.6) is 0 Å². The summed E-state index contributed by atoms with van der Waals surface area (Å²) in [6, 6.07) is 180. The monoisotopic (exact) mass is 1850 g/mol. The zero-order chi connectivity index (χ0) is 97.7. The summed E-state index contributed by atoms with van der Waals surface area (Å²) in [6.45, 7) is 20.8. The minimum absolute atomic E-state index is 0.00313. The summed E-state index contributed by atoms with van der Waals surface area (Å²) in [5, 5.41) is 23.2. The van der Waals surface area contributed by atoms with Crippen molar-refractivity contribution < 1.29 is 0 Å². The number of hydrogen-bond acceptors (Lipinski definition) is 0. The number of benzene rings is 24. The molecule has 24 aromatic rings. The largest absolute Gasteiger partial charge is 0.0622 e. The Hall–Kier alpha value is -16.4. The first-order valence-corrected chi connectivity index (χ1v) is 51.6. The molecule has 0 spiro atoms. The van der Waals surface area contributed by atoms with Crippen LogP contribution in [-0.4, -0.2) is 0 Å². The lowest BCUT2D eigenvalue weighted by atomic mass is 9.78. The molecular formula is C144H118. The fraction of sp³-hybridized carbons (Fsp3) is 0.125. The Morgan fingerprint density at radius 2 is 0.382 bits per heavy atom. The minimum atomic E-state index is 0.00313. The molecule has 1 saturated carbocycles. The van der Waals surface area contributed by atoms with Gasteiger partial charge in [-0.1, -0.05) is 549 Å². The highest BCUT2D eigenvalue weighted by Gasteiger charge is 2.29. The molecule has 1 aliphatic rings. The molecule has 0 heteroatoms. The van der Waals surface area contributed by atoms with Gasteiger partial charge in [0.05, 0.1) is 0 Å². The van der Waals surface area contributed by atoms with Gasteiger partial charge in [-0.2, -0.15) is 0 Å². The molecular weight excluding hydrogens is 1730 g/mol. The van der Waals surface area contributed by atoms with E-state index < -0.39 is 0 Å². The summed E-state index contributed by atoms with van der Waals surface area (Å²) < 4.78 is 0. The molecule has 144 heavy (non-hydrogen) atoms. The third kappa shape index (κ3) is 17.5. The van der Waals surface area contributed by atoms with Crippen molar-refractivity contribution >= 4 is 97.0 Å². The molecule has 24 aromatic carbocycles. The quantitative estimate of drug-likeness (QED) is 0.101. The predicted octanol–water partition coefficient (Wildman–Crippen LogP) is 41.4. The Morgan fingerprint density at radius 3 is 0.778 bits per heavy atom. The predicted molar refractivity (Wildman–Crippen MR) is 624 cm³/mol. The standard InChI is InChI=1S/C50H44.C48H38.C46H36/c1-49(2,3)37-28-30-44-45(31-37)47(36-25-23-34(24-26-36)33-15-8-7-9-16-33)43-29-27-38(50(4,5)6)32-46(43)48(44)42-21-13-12-20-41(42)40-22-14-18-35-17-10-11-19-39(35)40;1-3-14-33(15-4-1)38-30-31-45-46(32-38)47(37-28-26-36(27-29-37)40-25-13-19-35-18-7-8-20-39(35)40)43-23-11-12-24-44(43)48(45)42-22-10-9-21-41(42)34-16-5-2-6-17-34;1-46(2,3)35-28-29-42-43(30-35)45(39-20-10-9-19-38(39)31-14-5-4-6-15-31)41-22-12-11-21-40(41)44(42)34-26-24-33(25-27-34)37-23-13-17-32-16-7-8-18-36(32)37/h7-32H,1-6H3;2,5-13,16-33H,1,3-4,14-15H2;4-30H,1-3H3. The first-order chi connectivity index (χ1) is 70.4. The van der Waals surface area contributed by atoms with Crippen molar-refractivity contribution in [3.8, 4) is 134 Å². The van der Waals surface area contributed by atoms with Gasteiger partial charge in [-0.15, -0.1) is 0 Å². The molecule has 0 nitrogen and oxygen atoms in total. The second-order valence-electron chi connectivity index (χ2n) is 42.6. The lowest BCUT2D eigenvalue weighted by Crippen LogP contribution is -2.11. The fourth-order valence-electron chi connectivity index (χ4n) is 23.1. The van der Waals surface area contributed by atoms with Crippen LogP contribution >= 0.6 is 0 Å². The summed E-state index contributed by atoms with van der Waals surface area (Å²) in [7, 11) is 0.